The number of hydrogen-bond acceptors (Lipinski definition) is 5. The molecule has 3 rings (SSSR count). The summed E-state index contributed by atoms with van der Waals surface area (Å²) < 4.78 is 5.37. The van der Waals surface area contributed by atoms with Gasteiger partial charge in [-0.3, -0.25) is 19.7 Å². The molecule has 0 aromatic heterocycles. The molecule has 8 heteroatoms. The Morgan fingerprint density at radius 1 is 1.06 bits per heavy atom. The normalized spacial score (nSPS) is 14.3. The van der Waals surface area contributed by atoms with Crippen LogP contribution in [0.1, 0.15) is 43.4 Å². The summed E-state index contributed by atoms with van der Waals surface area (Å²) in [5.41, 5.74) is 3.37. The van der Waals surface area contributed by atoms with Gasteiger partial charge in [-0.2, -0.15) is 0 Å². The molecule has 0 aliphatic heterocycles. The second kappa shape index (κ2) is 14.0. The maximum atomic E-state index is 13.4. The molecule has 1 amide bonds. The minimum atomic E-state index is -1.06. The molecule has 0 radical (unpaired) electrons. The quantitative estimate of drug-likeness (QED) is 0.395. The zero-order valence-corrected chi connectivity index (χ0v) is 22.0. The fraction of sp³-hybridized carbons (Fsp3) is 0.444. The third-order valence-corrected chi connectivity index (χ3v) is 6.18. The van der Waals surface area contributed by atoms with Crippen molar-refractivity contribution in [3.05, 3.63) is 71.3 Å². The highest BCUT2D eigenvalue weighted by Crippen LogP contribution is 2.26. The van der Waals surface area contributed by atoms with Crippen molar-refractivity contribution in [2.75, 3.05) is 13.2 Å². The van der Waals surface area contributed by atoms with Crippen molar-refractivity contribution in [3.8, 4) is 0 Å². The number of amides is 1. The average molecular weight is 547 g/mol. The topological polar surface area (TPSA) is 95.9 Å². The summed E-state index contributed by atoms with van der Waals surface area (Å²) in [4.78, 5) is 39.2. The zero-order valence-electron chi connectivity index (χ0n) is 20.3. The molecule has 1 aliphatic rings. The Bertz CT molecular complexity index is 960. The number of ether oxygens (including phenoxy) is 1. The van der Waals surface area contributed by atoms with Crippen LogP contribution in [-0.2, 0) is 38.4 Å². The van der Waals surface area contributed by atoms with Crippen LogP contribution in [0.5, 0.6) is 0 Å². The van der Waals surface area contributed by atoms with Crippen LogP contribution >= 0.6 is 17.0 Å². The van der Waals surface area contributed by atoms with E-state index in [1.807, 2.05) is 61.5 Å². The van der Waals surface area contributed by atoms with E-state index in [1.54, 1.807) is 6.92 Å². The SMILES string of the molecule is Br.CCCOC(=O)C(CCc1ccccc1)N[C@@H](C)C(=O)N(CC(=O)O)C1Cc2ccccc2C1. The van der Waals surface area contributed by atoms with Gasteiger partial charge in [-0.1, -0.05) is 61.5 Å². The number of nitrogens with zero attached hydrogens (tertiary/aromatic N) is 1. The fourth-order valence-corrected chi connectivity index (χ4v) is 4.44. The molecule has 1 unspecified atom stereocenters. The number of nitrogens with one attached hydrogen (secondary N) is 1. The summed E-state index contributed by atoms with van der Waals surface area (Å²) in [5.74, 6) is -1.77. The number of aryl methyl sites for hydroxylation is 1. The van der Waals surface area contributed by atoms with Crippen LogP contribution in [0.4, 0.5) is 0 Å². The molecule has 2 atom stereocenters. The number of carbonyl (C=O) groups is 3. The lowest BCUT2D eigenvalue weighted by Crippen LogP contribution is -2.54. The molecule has 0 spiro atoms. The van der Waals surface area contributed by atoms with Gasteiger partial charge < -0.3 is 14.7 Å². The highest BCUT2D eigenvalue weighted by molar-refractivity contribution is 8.93. The molecule has 190 valence electrons. The average Bonchev–Trinajstić information content (AvgIpc) is 3.27. The second-order valence-electron chi connectivity index (χ2n) is 8.82. The number of carboxylic acids is 1. The highest BCUT2D eigenvalue weighted by atomic mass is 79.9. The van der Waals surface area contributed by atoms with Gasteiger partial charge in [0.2, 0.25) is 5.91 Å². The predicted octanol–water partition coefficient (Wildman–Crippen LogP) is 3.58. The van der Waals surface area contributed by atoms with Gasteiger partial charge in [0, 0.05) is 6.04 Å². The summed E-state index contributed by atoms with van der Waals surface area (Å²) in [6.45, 7) is 3.55. The van der Waals surface area contributed by atoms with Crippen molar-refractivity contribution < 1.29 is 24.2 Å². The van der Waals surface area contributed by atoms with Crippen LogP contribution in [0, 0.1) is 0 Å². The van der Waals surface area contributed by atoms with Gasteiger partial charge in [0.1, 0.15) is 12.6 Å². The number of fused-ring (bicyclic) bond motifs is 1. The van der Waals surface area contributed by atoms with Crippen LogP contribution in [0.25, 0.3) is 0 Å². The first-order chi connectivity index (χ1) is 16.4. The van der Waals surface area contributed by atoms with Gasteiger partial charge in [0.25, 0.3) is 0 Å². The molecule has 0 saturated carbocycles. The monoisotopic (exact) mass is 546 g/mol. The summed E-state index contributed by atoms with van der Waals surface area (Å²) in [7, 11) is 0. The first kappa shape index (κ1) is 28.5. The third-order valence-electron chi connectivity index (χ3n) is 6.18. The maximum absolute atomic E-state index is 13.4. The molecule has 7 nitrogen and oxygen atoms in total. The Labute approximate surface area is 217 Å². The third kappa shape index (κ3) is 8.18. The lowest BCUT2D eigenvalue weighted by atomic mass is 10.0. The van der Waals surface area contributed by atoms with E-state index >= 15 is 0 Å². The van der Waals surface area contributed by atoms with Crippen molar-refractivity contribution in [1.29, 1.82) is 0 Å². The molecule has 0 fully saturated rings. The molecule has 2 aromatic rings. The standard InChI is InChI=1S/C27H34N2O5.BrH/c1-3-15-34-27(33)24(14-13-20-9-5-4-6-10-20)28-19(2)26(32)29(18-25(30)31)23-16-21-11-7-8-12-22(21)17-23;/h4-12,19,23-24,28H,3,13-18H2,1-2H3,(H,30,31);1H/t19-,24?;/m0./s1. The van der Waals surface area contributed by atoms with E-state index in [0.717, 1.165) is 16.7 Å². The van der Waals surface area contributed by atoms with Crippen molar-refractivity contribution in [2.45, 2.75) is 64.1 Å². The van der Waals surface area contributed by atoms with Crippen LogP contribution in [0.2, 0.25) is 0 Å². The van der Waals surface area contributed by atoms with Crippen molar-refractivity contribution >= 4 is 34.8 Å². The summed E-state index contributed by atoms with van der Waals surface area (Å²) in [6.07, 6.45) is 3.07. The first-order valence-electron chi connectivity index (χ1n) is 11.9. The van der Waals surface area contributed by atoms with E-state index in [1.165, 1.54) is 4.90 Å². The molecule has 2 aromatic carbocycles. The zero-order chi connectivity index (χ0) is 24.5. The Morgan fingerprint density at radius 3 is 2.23 bits per heavy atom. The first-order valence-corrected chi connectivity index (χ1v) is 11.9. The smallest absolute Gasteiger partial charge is 0.323 e. The Balaban J connectivity index is 0.00000432. The number of hydrogen-bond donors (Lipinski definition) is 2. The number of aliphatic carboxylic acids is 1. The summed E-state index contributed by atoms with van der Waals surface area (Å²) in [5, 5.41) is 12.6. The van der Waals surface area contributed by atoms with Crippen LogP contribution in [0.15, 0.2) is 54.6 Å². The van der Waals surface area contributed by atoms with Crippen molar-refractivity contribution in [3.63, 3.8) is 0 Å². The maximum Gasteiger partial charge on any atom is 0.323 e. The minimum Gasteiger partial charge on any atom is -0.480 e. The number of rotatable bonds is 12. The van der Waals surface area contributed by atoms with Gasteiger partial charge in [0.15, 0.2) is 0 Å². The van der Waals surface area contributed by atoms with E-state index in [-0.39, 0.29) is 35.5 Å². The summed E-state index contributed by atoms with van der Waals surface area (Å²) in [6, 6.07) is 16.1. The van der Waals surface area contributed by atoms with E-state index in [0.29, 0.717) is 38.7 Å². The van der Waals surface area contributed by atoms with E-state index in [4.69, 9.17) is 4.74 Å². The van der Waals surface area contributed by atoms with Crippen LogP contribution in [0.3, 0.4) is 0 Å². The summed E-state index contributed by atoms with van der Waals surface area (Å²) >= 11 is 0. The number of carboxylic acid groups (broad SMARTS) is 1. The van der Waals surface area contributed by atoms with Gasteiger partial charge in [-0.05, 0) is 55.7 Å². The van der Waals surface area contributed by atoms with Gasteiger partial charge in [0.05, 0.1) is 12.6 Å². The van der Waals surface area contributed by atoms with Gasteiger partial charge in [-0.15, -0.1) is 17.0 Å². The van der Waals surface area contributed by atoms with Crippen LogP contribution in [-0.4, -0.2) is 59.1 Å². The number of esters is 1. The Hall–Kier alpha value is -2.71. The Morgan fingerprint density at radius 2 is 1.66 bits per heavy atom. The lowest BCUT2D eigenvalue weighted by molar-refractivity contribution is -0.149. The predicted molar refractivity (Wildman–Crippen MR) is 140 cm³/mol. The Kier molecular flexibility index (Phi) is 11.4. The molecule has 1 aliphatic carbocycles. The van der Waals surface area contributed by atoms with E-state index < -0.39 is 24.0 Å². The van der Waals surface area contributed by atoms with E-state index in [9.17, 15) is 19.5 Å². The molecule has 0 saturated heterocycles. The lowest BCUT2D eigenvalue weighted by Gasteiger charge is -2.31. The molecule has 0 heterocycles. The van der Waals surface area contributed by atoms with Gasteiger partial charge >= 0.3 is 11.9 Å². The fourth-order valence-electron chi connectivity index (χ4n) is 4.44. The second-order valence-corrected chi connectivity index (χ2v) is 8.82. The van der Waals surface area contributed by atoms with Crippen LogP contribution < -0.4 is 5.32 Å². The number of benzene rings is 2. The minimum absolute atomic E-state index is 0. The van der Waals surface area contributed by atoms with E-state index in [2.05, 4.69) is 5.32 Å². The molecule has 35 heavy (non-hydrogen) atoms. The molecular weight excluding hydrogens is 512 g/mol. The molecular formula is C27H35BrN2O5. The highest BCUT2D eigenvalue weighted by Gasteiger charge is 2.34. The number of carbonyl (C=O) groups excluding carboxylic acids is 2. The molecule has 2 N–H and O–H groups in total. The largest absolute Gasteiger partial charge is 0.480 e. The molecule has 0 bridgehead atoms. The number of halogens is 1. The van der Waals surface area contributed by atoms with Crippen molar-refractivity contribution in [2.24, 2.45) is 0 Å². The van der Waals surface area contributed by atoms with Gasteiger partial charge in [-0.25, -0.2) is 0 Å². The van der Waals surface area contributed by atoms with Crippen molar-refractivity contribution in [1.82, 2.24) is 10.2 Å².